The number of nitrogens with one attached hydrogen (secondary N) is 1. The van der Waals surface area contributed by atoms with Gasteiger partial charge in [-0.25, -0.2) is 4.79 Å². The Bertz CT molecular complexity index is 1750. The summed E-state index contributed by atoms with van der Waals surface area (Å²) >= 11 is 0. The molecule has 0 saturated heterocycles. The van der Waals surface area contributed by atoms with Crippen LogP contribution in [0.4, 0.5) is 4.79 Å². The lowest BCUT2D eigenvalue weighted by molar-refractivity contribution is -0.159. The van der Waals surface area contributed by atoms with Crippen LogP contribution in [-0.2, 0) is 32.1 Å². The highest BCUT2D eigenvalue weighted by molar-refractivity contribution is 6.21. The first-order chi connectivity index (χ1) is 24.5. The summed E-state index contributed by atoms with van der Waals surface area (Å²) in [5.41, 5.74) is 2.50. The first-order valence-electron chi connectivity index (χ1n) is 17.7. The van der Waals surface area contributed by atoms with Gasteiger partial charge in [0.05, 0.1) is 42.1 Å². The summed E-state index contributed by atoms with van der Waals surface area (Å²) in [5.74, 6) is -2.18. The number of amides is 4. The van der Waals surface area contributed by atoms with Gasteiger partial charge in [-0.3, -0.25) is 24.1 Å². The lowest BCUT2D eigenvalue weighted by atomic mass is 9.77. The average Bonchev–Trinajstić information content (AvgIpc) is 3.36. The topological polar surface area (TPSA) is 132 Å². The van der Waals surface area contributed by atoms with Crippen molar-refractivity contribution in [3.05, 3.63) is 101 Å². The number of fused-ring (bicyclic) bond motifs is 2. The van der Waals surface area contributed by atoms with Gasteiger partial charge in [0.25, 0.3) is 11.8 Å². The van der Waals surface area contributed by atoms with E-state index >= 15 is 0 Å². The fraction of sp³-hybridized carbons (Fsp3) is 0.425. The van der Waals surface area contributed by atoms with Crippen molar-refractivity contribution in [2.45, 2.75) is 71.1 Å². The number of imide groups is 1. The maximum absolute atomic E-state index is 14.7. The van der Waals surface area contributed by atoms with Crippen LogP contribution >= 0.6 is 0 Å². The molecular formula is C40H45N3O8. The van der Waals surface area contributed by atoms with Crippen LogP contribution in [0.3, 0.4) is 0 Å². The largest absolute Gasteiger partial charge is 0.491 e. The molecule has 0 spiro atoms. The Morgan fingerprint density at radius 3 is 2.20 bits per heavy atom. The van der Waals surface area contributed by atoms with Gasteiger partial charge in [-0.1, -0.05) is 67.4 Å². The Morgan fingerprint density at radius 1 is 0.843 bits per heavy atom. The maximum Gasteiger partial charge on any atom is 0.407 e. The minimum absolute atomic E-state index is 0.0859. The molecule has 3 aromatic rings. The molecule has 0 bridgehead atoms. The van der Waals surface area contributed by atoms with Crippen molar-refractivity contribution in [1.29, 1.82) is 0 Å². The average molecular weight is 696 g/mol. The summed E-state index contributed by atoms with van der Waals surface area (Å²) in [7, 11) is 0. The fourth-order valence-electron chi connectivity index (χ4n) is 7.28. The van der Waals surface area contributed by atoms with Crippen LogP contribution in [0.1, 0.15) is 89.9 Å². The fourth-order valence-corrected chi connectivity index (χ4v) is 7.28. The number of rotatable bonds is 10. The van der Waals surface area contributed by atoms with E-state index in [1.54, 1.807) is 56.0 Å². The molecule has 2 heterocycles. The van der Waals surface area contributed by atoms with Gasteiger partial charge >= 0.3 is 12.1 Å². The Morgan fingerprint density at radius 2 is 1.51 bits per heavy atom. The number of alkyl carbamates (subject to hydrolysis) is 1. The number of hydrogen-bond donors (Lipinski definition) is 1. The van der Waals surface area contributed by atoms with E-state index in [1.807, 2.05) is 42.5 Å². The molecule has 3 aliphatic rings. The molecule has 51 heavy (non-hydrogen) atoms. The van der Waals surface area contributed by atoms with E-state index in [1.165, 1.54) is 4.90 Å². The van der Waals surface area contributed by atoms with Crippen LogP contribution in [0, 0.1) is 11.8 Å². The van der Waals surface area contributed by atoms with Gasteiger partial charge < -0.3 is 24.4 Å². The molecule has 1 aliphatic carbocycles. The van der Waals surface area contributed by atoms with Crippen molar-refractivity contribution in [3.63, 3.8) is 0 Å². The van der Waals surface area contributed by atoms with Crippen LogP contribution in [0.2, 0.25) is 0 Å². The molecule has 0 radical (unpaired) electrons. The zero-order valence-corrected chi connectivity index (χ0v) is 29.4. The van der Waals surface area contributed by atoms with Crippen molar-refractivity contribution in [2.24, 2.45) is 11.8 Å². The molecule has 0 aromatic heterocycles. The van der Waals surface area contributed by atoms with Crippen molar-refractivity contribution in [3.8, 4) is 5.75 Å². The monoisotopic (exact) mass is 695 g/mol. The predicted molar refractivity (Wildman–Crippen MR) is 188 cm³/mol. The highest BCUT2D eigenvalue weighted by atomic mass is 16.6. The number of carbonyl (C=O) groups is 5. The second-order valence-electron chi connectivity index (χ2n) is 14.3. The normalized spacial score (nSPS) is 19.9. The van der Waals surface area contributed by atoms with Crippen molar-refractivity contribution >= 4 is 29.8 Å². The van der Waals surface area contributed by atoms with Crippen LogP contribution in [0.15, 0.2) is 72.8 Å². The van der Waals surface area contributed by atoms with Gasteiger partial charge in [0, 0.05) is 12.1 Å². The maximum atomic E-state index is 14.7. The van der Waals surface area contributed by atoms with Gasteiger partial charge in [0.15, 0.2) is 0 Å². The molecule has 11 nitrogen and oxygen atoms in total. The minimum atomic E-state index is -0.735. The Labute approximate surface area is 298 Å². The molecule has 4 amide bonds. The van der Waals surface area contributed by atoms with Crippen molar-refractivity contribution < 1.29 is 38.2 Å². The Kier molecular flexibility index (Phi) is 10.7. The standard InChI is InChI=1S/C40H45N3O8/c1-40(2,3)51-39(48)41-21-23-49-33-19-11-14-27-20-22-42(32(34(27)33)24-43-36(45)28-15-7-8-16-29(28)37(43)46)35(44)30-17-9-10-18-31(30)38(47)50-25-26-12-5-4-6-13-26/h4-8,11-16,19,30-32H,9-10,17-18,20-25H2,1-3H3,(H,41,48)/t30-,31+,32?/m1/s1. The van der Waals surface area contributed by atoms with Gasteiger partial charge in [-0.2, -0.15) is 0 Å². The zero-order valence-electron chi connectivity index (χ0n) is 29.4. The lowest BCUT2D eigenvalue weighted by Crippen LogP contribution is -2.50. The number of benzene rings is 3. The Hall–Kier alpha value is -5.19. The molecular weight excluding hydrogens is 650 g/mol. The number of nitrogens with zero attached hydrogens (tertiary/aromatic N) is 2. The van der Waals surface area contributed by atoms with Gasteiger partial charge in [-0.15, -0.1) is 0 Å². The second kappa shape index (κ2) is 15.4. The molecule has 3 aromatic carbocycles. The van der Waals surface area contributed by atoms with E-state index in [4.69, 9.17) is 14.2 Å². The summed E-state index contributed by atoms with van der Waals surface area (Å²) in [4.78, 5) is 70.6. The van der Waals surface area contributed by atoms with E-state index in [-0.39, 0.29) is 32.2 Å². The SMILES string of the molecule is CC(C)(C)OC(=O)NCCOc1cccc2c1C(CN1C(=O)c3ccccc3C1=O)N(C(=O)[C@@H]1CCCC[C@@H]1C(=O)OCc1ccccc1)CC2. The molecule has 3 atom stereocenters. The summed E-state index contributed by atoms with van der Waals surface area (Å²) in [6, 6.07) is 21.0. The predicted octanol–water partition coefficient (Wildman–Crippen LogP) is 5.86. The first-order valence-corrected chi connectivity index (χ1v) is 17.7. The van der Waals surface area contributed by atoms with Crippen LogP contribution < -0.4 is 10.1 Å². The highest BCUT2D eigenvalue weighted by Crippen LogP contribution is 2.41. The highest BCUT2D eigenvalue weighted by Gasteiger charge is 2.45. The summed E-state index contributed by atoms with van der Waals surface area (Å²) in [6.45, 7) is 6.00. The molecule has 2 aliphatic heterocycles. The lowest BCUT2D eigenvalue weighted by Gasteiger charge is -2.42. The van der Waals surface area contributed by atoms with Crippen LogP contribution in [0.25, 0.3) is 0 Å². The third kappa shape index (κ3) is 8.08. The quantitative estimate of drug-likeness (QED) is 0.159. The molecule has 1 N–H and O–H groups in total. The molecule has 1 unspecified atom stereocenters. The third-order valence-electron chi connectivity index (χ3n) is 9.64. The van der Waals surface area contributed by atoms with Gasteiger partial charge in [0.1, 0.15) is 24.6 Å². The van der Waals surface area contributed by atoms with E-state index < -0.39 is 47.4 Å². The summed E-state index contributed by atoms with van der Waals surface area (Å²) in [6.07, 6.45) is 2.63. The smallest absolute Gasteiger partial charge is 0.407 e. The van der Waals surface area contributed by atoms with Crippen molar-refractivity contribution in [2.75, 3.05) is 26.2 Å². The van der Waals surface area contributed by atoms with Gasteiger partial charge in [0.2, 0.25) is 5.91 Å². The second-order valence-corrected chi connectivity index (χ2v) is 14.3. The van der Waals surface area contributed by atoms with E-state index in [0.717, 1.165) is 24.0 Å². The van der Waals surface area contributed by atoms with Crippen LogP contribution in [-0.4, -0.2) is 71.4 Å². The summed E-state index contributed by atoms with van der Waals surface area (Å²) < 4.78 is 17.3. The molecule has 268 valence electrons. The first kappa shape index (κ1) is 35.6. The molecule has 1 fully saturated rings. The minimum Gasteiger partial charge on any atom is -0.491 e. The molecule has 1 saturated carbocycles. The van der Waals surface area contributed by atoms with E-state index in [0.29, 0.717) is 48.2 Å². The van der Waals surface area contributed by atoms with E-state index in [9.17, 15) is 24.0 Å². The van der Waals surface area contributed by atoms with Gasteiger partial charge in [-0.05, 0) is 69.4 Å². The number of ether oxygens (including phenoxy) is 3. The molecule has 11 heteroatoms. The number of hydrogen-bond acceptors (Lipinski definition) is 8. The van der Waals surface area contributed by atoms with Crippen LogP contribution in [0.5, 0.6) is 5.75 Å². The van der Waals surface area contributed by atoms with E-state index in [2.05, 4.69) is 5.32 Å². The third-order valence-corrected chi connectivity index (χ3v) is 9.64. The summed E-state index contributed by atoms with van der Waals surface area (Å²) in [5, 5.41) is 2.70. The Balaban J connectivity index is 1.27. The zero-order chi connectivity index (χ0) is 36.1. The number of carbonyl (C=O) groups excluding carboxylic acids is 5. The van der Waals surface area contributed by atoms with Crippen molar-refractivity contribution in [1.82, 2.24) is 15.1 Å². The molecule has 6 rings (SSSR count). The number of esters is 1.